The van der Waals surface area contributed by atoms with Crippen molar-refractivity contribution in [2.45, 2.75) is 23.9 Å². The third-order valence-corrected chi connectivity index (χ3v) is 5.77. The van der Waals surface area contributed by atoms with Crippen LogP contribution in [0.5, 0.6) is 5.75 Å². The molecule has 0 bridgehead atoms. The normalized spacial score (nSPS) is 15.2. The zero-order valence-corrected chi connectivity index (χ0v) is 18.3. The van der Waals surface area contributed by atoms with Gasteiger partial charge in [0.25, 0.3) is 5.91 Å². The Morgan fingerprint density at radius 3 is 2.81 bits per heavy atom. The number of hydrogen-bond acceptors (Lipinski definition) is 5. The summed E-state index contributed by atoms with van der Waals surface area (Å²) < 4.78 is 45.4. The predicted molar refractivity (Wildman–Crippen MR) is 116 cm³/mol. The van der Waals surface area contributed by atoms with Gasteiger partial charge in [0, 0.05) is 23.7 Å². The van der Waals surface area contributed by atoms with Crippen molar-refractivity contribution in [2.75, 3.05) is 12.8 Å². The molecule has 1 aliphatic rings. The number of aromatic nitrogens is 2. The Kier molecular flexibility index (Phi) is 6.30. The molecule has 1 atom stereocenters. The molecule has 0 radical (unpaired) electrons. The van der Waals surface area contributed by atoms with Crippen LogP contribution in [0.25, 0.3) is 11.3 Å². The summed E-state index contributed by atoms with van der Waals surface area (Å²) in [6, 6.07) is 10.1. The molecule has 32 heavy (non-hydrogen) atoms. The molecule has 3 aromatic rings. The molecule has 0 aliphatic carbocycles. The first-order chi connectivity index (χ1) is 15.3. The minimum atomic E-state index is -4.62. The van der Waals surface area contributed by atoms with Crippen LogP contribution in [0.1, 0.15) is 21.5 Å². The van der Waals surface area contributed by atoms with E-state index < -0.39 is 29.3 Å². The number of rotatable bonds is 5. The Labute approximate surface area is 191 Å². The number of carbonyl (C=O) groups is 1. The van der Waals surface area contributed by atoms with Gasteiger partial charge in [0.15, 0.2) is 5.16 Å². The van der Waals surface area contributed by atoms with E-state index in [2.05, 4.69) is 15.3 Å². The topological polar surface area (TPSA) is 64.1 Å². The van der Waals surface area contributed by atoms with E-state index in [0.29, 0.717) is 22.3 Å². The van der Waals surface area contributed by atoms with Crippen molar-refractivity contribution in [1.82, 2.24) is 15.3 Å². The Morgan fingerprint density at radius 1 is 1.28 bits per heavy atom. The van der Waals surface area contributed by atoms with E-state index in [1.165, 1.54) is 23.9 Å². The van der Waals surface area contributed by atoms with E-state index in [0.717, 1.165) is 29.0 Å². The van der Waals surface area contributed by atoms with Gasteiger partial charge in [0.1, 0.15) is 11.9 Å². The molecule has 1 N–H and O–H groups in total. The van der Waals surface area contributed by atoms with E-state index in [9.17, 15) is 18.0 Å². The second-order valence-corrected chi connectivity index (χ2v) is 8.25. The predicted octanol–water partition coefficient (Wildman–Crippen LogP) is 5.27. The summed E-state index contributed by atoms with van der Waals surface area (Å²) >= 11 is 7.83. The second kappa shape index (κ2) is 8.99. The summed E-state index contributed by atoms with van der Waals surface area (Å²) in [5, 5.41) is 3.57. The highest BCUT2D eigenvalue weighted by Gasteiger charge is 2.35. The summed E-state index contributed by atoms with van der Waals surface area (Å²) in [6.07, 6.45) is -1.07. The number of hydrogen-bond donors (Lipinski definition) is 1. The van der Waals surface area contributed by atoms with E-state index in [4.69, 9.17) is 16.3 Å². The van der Waals surface area contributed by atoms with Gasteiger partial charge in [-0.2, -0.15) is 13.2 Å². The molecular weight excluding hydrogens is 463 g/mol. The fraction of sp³-hybridized carbons (Fsp3) is 0.227. The molecule has 1 aromatic heterocycles. The molecule has 1 unspecified atom stereocenters. The lowest BCUT2D eigenvalue weighted by Crippen LogP contribution is -2.35. The zero-order chi connectivity index (χ0) is 22.9. The number of halogens is 4. The number of amides is 1. The molecule has 4 rings (SSSR count). The average Bonchev–Trinajstić information content (AvgIpc) is 3.20. The monoisotopic (exact) mass is 479 g/mol. The molecule has 166 valence electrons. The smallest absolute Gasteiger partial charge is 0.417 e. The lowest BCUT2D eigenvalue weighted by Gasteiger charge is -2.15. The van der Waals surface area contributed by atoms with Crippen molar-refractivity contribution in [3.05, 3.63) is 70.4 Å². The van der Waals surface area contributed by atoms with Gasteiger partial charge in [-0.3, -0.25) is 4.79 Å². The Hall–Kier alpha value is -2.78. The minimum absolute atomic E-state index is 0.0372. The van der Waals surface area contributed by atoms with Crippen molar-refractivity contribution in [3.63, 3.8) is 0 Å². The third kappa shape index (κ3) is 4.68. The van der Waals surface area contributed by atoms with Gasteiger partial charge in [-0.25, -0.2) is 9.97 Å². The summed E-state index contributed by atoms with van der Waals surface area (Å²) in [7, 11) is 0. The first-order valence-corrected chi connectivity index (χ1v) is 11.2. The van der Waals surface area contributed by atoms with Gasteiger partial charge < -0.3 is 10.1 Å². The van der Waals surface area contributed by atoms with E-state index in [1.54, 1.807) is 18.3 Å². The average molecular weight is 480 g/mol. The summed E-state index contributed by atoms with van der Waals surface area (Å²) in [5.41, 5.74) is 0.958. The SMILES string of the molecule is CSc1nccc(-c2cc(Cl)c3c(c2)CC(CNC(=O)c2ccccc2C(F)(F)F)O3)n1. The molecule has 0 fully saturated rings. The highest BCUT2D eigenvalue weighted by atomic mass is 35.5. The third-order valence-electron chi connectivity index (χ3n) is 4.93. The highest BCUT2D eigenvalue weighted by molar-refractivity contribution is 7.98. The number of nitrogens with one attached hydrogen (secondary N) is 1. The quantitative estimate of drug-likeness (QED) is 0.399. The molecule has 2 aromatic carbocycles. The largest absolute Gasteiger partial charge is 0.486 e. The molecule has 5 nitrogen and oxygen atoms in total. The zero-order valence-electron chi connectivity index (χ0n) is 16.7. The lowest BCUT2D eigenvalue weighted by molar-refractivity contribution is -0.137. The van der Waals surface area contributed by atoms with Crippen molar-refractivity contribution >= 4 is 29.3 Å². The van der Waals surface area contributed by atoms with Crippen LogP contribution in [0, 0.1) is 0 Å². The number of ether oxygens (including phenoxy) is 1. The van der Waals surface area contributed by atoms with Gasteiger partial charge >= 0.3 is 6.18 Å². The standard InChI is InChI=1S/C22H17ClF3N3O2S/c1-32-21-27-7-6-18(29-21)12-8-13-9-14(31-19(13)17(23)10-12)11-28-20(30)15-4-2-3-5-16(15)22(24,25)26/h2-8,10,14H,9,11H2,1H3,(H,28,30). The number of nitrogens with zero attached hydrogens (tertiary/aromatic N) is 2. The lowest BCUT2D eigenvalue weighted by atomic mass is 10.0. The number of alkyl halides is 3. The minimum Gasteiger partial charge on any atom is -0.486 e. The van der Waals surface area contributed by atoms with Crippen molar-refractivity contribution in [2.24, 2.45) is 0 Å². The Balaban J connectivity index is 1.47. The van der Waals surface area contributed by atoms with E-state index in [1.807, 2.05) is 12.3 Å². The maximum absolute atomic E-state index is 13.2. The Bertz CT molecular complexity index is 1170. The molecule has 0 spiro atoms. The van der Waals surface area contributed by atoms with Crippen LogP contribution >= 0.6 is 23.4 Å². The van der Waals surface area contributed by atoms with Gasteiger partial charge in [-0.1, -0.05) is 35.5 Å². The first-order valence-electron chi connectivity index (χ1n) is 9.57. The van der Waals surface area contributed by atoms with E-state index in [-0.39, 0.29) is 6.54 Å². The van der Waals surface area contributed by atoms with Gasteiger partial charge in [0.2, 0.25) is 0 Å². The molecular formula is C22H17ClF3N3O2S. The Morgan fingerprint density at radius 2 is 2.06 bits per heavy atom. The van der Waals surface area contributed by atoms with Crippen LogP contribution in [0.4, 0.5) is 13.2 Å². The highest BCUT2D eigenvalue weighted by Crippen LogP contribution is 2.39. The summed E-state index contributed by atoms with van der Waals surface area (Å²) in [5.74, 6) is -0.306. The van der Waals surface area contributed by atoms with Crippen molar-refractivity contribution in [1.29, 1.82) is 0 Å². The summed E-state index contributed by atoms with van der Waals surface area (Å²) in [6.45, 7) is 0.0372. The van der Waals surface area contributed by atoms with Crippen LogP contribution in [0.3, 0.4) is 0 Å². The van der Waals surface area contributed by atoms with Crippen LogP contribution in [0.15, 0.2) is 53.8 Å². The van der Waals surface area contributed by atoms with E-state index >= 15 is 0 Å². The first kappa shape index (κ1) is 22.4. The van der Waals surface area contributed by atoms with Gasteiger partial charge in [0.05, 0.1) is 28.4 Å². The number of benzene rings is 2. The van der Waals surface area contributed by atoms with Crippen molar-refractivity contribution in [3.8, 4) is 17.0 Å². The molecule has 1 amide bonds. The van der Waals surface area contributed by atoms with Crippen LogP contribution < -0.4 is 10.1 Å². The fourth-order valence-corrected chi connectivity index (χ4v) is 4.12. The molecule has 0 saturated carbocycles. The van der Waals surface area contributed by atoms with Gasteiger partial charge in [-0.15, -0.1) is 0 Å². The van der Waals surface area contributed by atoms with Crippen LogP contribution in [0.2, 0.25) is 5.02 Å². The number of thioether (sulfide) groups is 1. The number of fused-ring (bicyclic) bond motifs is 1. The molecule has 0 saturated heterocycles. The maximum atomic E-state index is 13.2. The van der Waals surface area contributed by atoms with Crippen LogP contribution in [-0.2, 0) is 12.6 Å². The molecule has 1 aliphatic heterocycles. The second-order valence-electron chi connectivity index (χ2n) is 7.07. The van der Waals surface area contributed by atoms with Gasteiger partial charge in [-0.05, 0) is 36.6 Å². The number of carbonyl (C=O) groups excluding carboxylic acids is 1. The molecule has 2 heterocycles. The molecule has 10 heteroatoms. The fourth-order valence-electron chi connectivity index (χ4n) is 3.48. The van der Waals surface area contributed by atoms with Crippen molar-refractivity contribution < 1.29 is 22.7 Å². The summed E-state index contributed by atoms with van der Waals surface area (Å²) in [4.78, 5) is 21.0. The maximum Gasteiger partial charge on any atom is 0.417 e. The van der Waals surface area contributed by atoms with Crippen LogP contribution in [-0.4, -0.2) is 34.8 Å².